The summed E-state index contributed by atoms with van der Waals surface area (Å²) < 4.78 is 5.33. The van der Waals surface area contributed by atoms with E-state index in [9.17, 15) is 4.79 Å². The highest BCUT2D eigenvalue weighted by molar-refractivity contribution is 6.30. The molecule has 2 aromatic rings. The molecule has 1 unspecified atom stereocenters. The zero-order valence-corrected chi connectivity index (χ0v) is 14.5. The van der Waals surface area contributed by atoms with Crippen molar-refractivity contribution in [2.24, 2.45) is 0 Å². The SMILES string of the molecule is COc1ccc(Cl)cc1CN(C)C(=O)CC(C)c1ccccc1. The molecule has 0 aromatic heterocycles. The number of amides is 1. The second-order valence-corrected chi connectivity index (χ2v) is 6.16. The van der Waals surface area contributed by atoms with Gasteiger partial charge in [0.1, 0.15) is 5.75 Å². The standard InChI is InChI=1S/C19H22ClNO2/c1-14(15-7-5-4-6-8-15)11-19(22)21(2)13-16-12-17(20)9-10-18(16)23-3/h4-10,12,14H,11,13H2,1-3H3. The summed E-state index contributed by atoms with van der Waals surface area (Å²) in [6, 6.07) is 15.5. The van der Waals surface area contributed by atoms with Crippen molar-refractivity contribution in [3.63, 3.8) is 0 Å². The fraction of sp³-hybridized carbons (Fsp3) is 0.316. The van der Waals surface area contributed by atoms with Gasteiger partial charge in [0.15, 0.2) is 0 Å². The Morgan fingerprint density at radius 1 is 1.22 bits per heavy atom. The van der Waals surface area contributed by atoms with Gasteiger partial charge in [-0.3, -0.25) is 4.79 Å². The van der Waals surface area contributed by atoms with Crippen LogP contribution in [0.25, 0.3) is 0 Å². The maximum atomic E-state index is 12.5. The van der Waals surface area contributed by atoms with Gasteiger partial charge in [-0.15, -0.1) is 0 Å². The van der Waals surface area contributed by atoms with Gasteiger partial charge in [0.25, 0.3) is 0 Å². The minimum Gasteiger partial charge on any atom is -0.496 e. The number of methoxy groups -OCH3 is 1. The van der Waals surface area contributed by atoms with E-state index in [0.29, 0.717) is 18.0 Å². The fourth-order valence-electron chi connectivity index (χ4n) is 2.53. The number of nitrogens with zero attached hydrogens (tertiary/aromatic N) is 1. The molecule has 1 amide bonds. The van der Waals surface area contributed by atoms with Crippen LogP contribution < -0.4 is 4.74 Å². The largest absolute Gasteiger partial charge is 0.496 e. The summed E-state index contributed by atoms with van der Waals surface area (Å²) in [6.07, 6.45) is 0.476. The first kappa shape index (κ1) is 17.4. The number of hydrogen-bond donors (Lipinski definition) is 0. The second-order valence-electron chi connectivity index (χ2n) is 5.72. The van der Waals surface area contributed by atoms with Gasteiger partial charge in [-0.1, -0.05) is 48.9 Å². The molecule has 2 aromatic carbocycles. The van der Waals surface area contributed by atoms with Crippen molar-refractivity contribution in [2.75, 3.05) is 14.2 Å². The van der Waals surface area contributed by atoms with E-state index in [1.165, 1.54) is 5.56 Å². The quantitative estimate of drug-likeness (QED) is 0.780. The second kappa shape index (κ2) is 8.02. The van der Waals surface area contributed by atoms with Gasteiger partial charge in [0, 0.05) is 30.6 Å². The van der Waals surface area contributed by atoms with Gasteiger partial charge in [0.05, 0.1) is 7.11 Å². The molecule has 0 fully saturated rings. The highest BCUT2D eigenvalue weighted by atomic mass is 35.5. The van der Waals surface area contributed by atoms with Crippen LogP contribution >= 0.6 is 11.6 Å². The minimum atomic E-state index is 0.100. The summed E-state index contributed by atoms with van der Waals surface area (Å²) in [7, 11) is 3.42. The van der Waals surface area contributed by atoms with Crippen LogP contribution in [0.15, 0.2) is 48.5 Å². The summed E-state index contributed by atoms with van der Waals surface area (Å²) in [5.41, 5.74) is 2.08. The molecule has 3 nitrogen and oxygen atoms in total. The molecule has 0 radical (unpaired) electrons. The van der Waals surface area contributed by atoms with Crippen LogP contribution in [0.4, 0.5) is 0 Å². The van der Waals surface area contributed by atoms with Crippen LogP contribution in [-0.2, 0) is 11.3 Å². The normalized spacial score (nSPS) is 11.8. The summed E-state index contributed by atoms with van der Waals surface area (Å²) in [4.78, 5) is 14.2. The lowest BCUT2D eigenvalue weighted by atomic mass is 9.97. The maximum absolute atomic E-state index is 12.5. The monoisotopic (exact) mass is 331 g/mol. The van der Waals surface area contributed by atoms with Crippen LogP contribution in [0.5, 0.6) is 5.75 Å². The predicted octanol–water partition coefficient (Wildman–Crippen LogP) is 4.50. The summed E-state index contributed by atoms with van der Waals surface area (Å²) >= 11 is 6.04. The van der Waals surface area contributed by atoms with Gasteiger partial charge < -0.3 is 9.64 Å². The van der Waals surface area contributed by atoms with Crippen LogP contribution in [0.1, 0.15) is 30.4 Å². The number of carbonyl (C=O) groups excluding carboxylic acids is 1. The van der Waals surface area contributed by atoms with E-state index in [2.05, 4.69) is 19.1 Å². The Labute approximate surface area is 142 Å². The lowest BCUT2D eigenvalue weighted by Crippen LogP contribution is -2.27. The Bertz CT molecular complexity index is 658. The lowest BCUT2D eigenvalue weighted by molar-refractivity contribution is -0.130. The number of benzene rings is 2. The van der Waals surface area contributed by atoms with E-state index in [-0.39, 0.29) is 11.8 Å². The van der Waals surface area contributed by atoms with Gasteiger partial charge in [0.2, 0.25) is 5.91 Å². The van der Waals surface area contributed by atoms with Crippen LogP contribution in [0, 0.1) is 0 Å². The Morgan fingerprint density at radius 2 is 1.91 bits per heavy atom. The molecule has 0 aliphatic rings. The van der Waals surface area contributed by atoms with Crippen LogP contribution in [0.2, 0.25) is 5.02 Å². The van der Waals surface area contributed by atoms with Gasteiger partial charge in [-0.25, -0.2) is 0 Å². The van der Waals surface area contributed by atoms with Crippen molar-refractivity contribution in [1.82, 2.24) is 4.90 Å². The van der Waals surface area contributed by atoms with E-state index in [0.717, 1.165) is 11.3 Å². The molecule has 23 heavy (non-hydrogen) atoms. The van der Waals surface area contributed by atoms with Crippen molar-refractivity contribution in [3.8, 4) is 5.75 Å². The van der Waals surface area contributed by atoms with Gasteiger partial charge in [-0.05, 0) is 29.7 Å². The zero-order chi connectivity index (χ0) is 16.8. The van der Waals surface area contributed by atoms with Crippen molar-refractivity contribution in [3.05, 3.63) is 64.7 Å². The van der Waals surface area contributed by atoms with Crippen molar-refractivity contribution >= 4 is 17.5 Å². The molecule has 0 heterocycles. The third kappa shape index (κ3) is 4.73. The number of halogens is 1. The molecule has 1 atom stereocenters. The minimum absolute atomic E-state index is 0.100. The van der Waals surface area contributed by atoms with Gasteiger partial charge in [-0.2, -0.15) is 0 Å². The molecule has 0 aliphatic heterocycles. The number of hydrogen-bond acceptors (Lipinski definition) is 2. The molecular formula is C19H22ClNO2. The van der Waals surface area contributed by atoms with E-state index in [4.69, 9.17) is 16.3 Å². The predicted molar refractivity (Wildman–Crippen MR) is 94.0 cm³/mol. The molecule has 0 aliphatic carbocycles. The molecule has 4 heteroatoms. The first-order chi connectivity index (χ1) is 11.0. The van der Waals surface area contributed by atoms with Gasteiger partial charge >= 0.3 is 0 Å². The van der Waals surface area contributed by atoms with Crippen molar-refractivity contribution < 1.29 is 9.53 Å². The van der Waals surface area contributed by atoms with Crippen molar-refractivity contribution in [1.29, 1.82) is 0 Å². The molecule has 0 saturated heterocycles. The first-order valence-corrected chi connectivity index (χ1v) is 8.00. The Morgan fingerprint density at radius 3 is 2.57 bits per heavy atom. The third-order valence-corrected chi connectivity index (χ3v) is 4.16. The number of rotatable bonds is 6. The highest BCUT2D eigenvalue weighted by Gasteiger charge is 2.16. The molecule has 2 rings (SSSR count). The Kier molecular flexibility index (Phi) is 6.05. The molecule has 0 spiro atoms. The smallest absolute Gasteiger partial charge is 0.223 e. The first-order valence-electron chi connectivity index (χ1n) is 7.62. The Hall–Kier alpha value is -2.00. The van der Waals surface area contributed by atoms with E-state index in [1.54, 1.807) is 25.1 Å². The summed E-state index contributed by atoms with van der Waals surface area (Å²) in [5, 5.41) is 0.638. The molecule has 0 bridgehead atoms. The average molecular weight is 332 g/mol. The maximum Gasteiger partial charge on any atom is 0.223 e. The molecule has 122 valence electrons. The molecule has 0 saturated carbocycles. The molecular weight excluding hydrogens is 310 g/mol. The zero-order valence-electron chi connectivity index (χ0n) is 13.8. The number of ether oxygens (including phenoxy) is 1. The van der Waals surface area contributed by atoms with E-state index < -0.39 is 0 Å². The molecule has 0 N–H and O–H groups in total. The topological polar surface area (TPSA) is 29.5 Å². The van der Waals surface area contributed by atoms with E-state index >= 15 is 0 Å². The Balaban J connectivity index is 2.02. The summed E-state index contributed by atoms with van der Waals surface area (Å²) in [5.74, 6) is 1.03. The van der Waals surface area contributed by atoms with Crippen LogP contribution in [0.3, 0.4) is 0 Å². The lowest BCUT2D eigenvalue weighted by Gasteiger charge is -2.21. The fourth-order valence-corrected chi connectivity index (χ4v) is 2.73. The average Bonchev–Trinajstić information content (AvgIpc) is 2.55. The number of carbonyl (C=O) groups is 1. The highest BCUT2D eigenvalue weighted by Crippen LogP contribution is 2.25. The van der Waals surface area contributed by atoms with E-state index in [1.807, 2.05) is 30.3 Å². The third-order valence-electron chi connectivity index (χ3n) is 3.93. The van der Waals surface area contributed by atoms with Crippen molar-refractivity contribution in [2.45, 2.75) is 25.8 Å². The van der Waals surface area contributed by atoms with Crippen LogP contribution in [-0.4, -0.2) is 25.0 Å². The summed E-state index contributed by atoms with van der Waals surface area (Å²) in [6.45, 7) is 2.55.